The zero-order chi connectivity index (χ0) is 14.3. The molecule has 0 radical (unpaired) electrons. The predicted molar refractivity (Wildman–Crippen MR) is 65.6 cm³/mol. The molecule has 1 aliphatic rings. The lowest BCUT2D eigenvalue weighted by molar-refractivity contribution is -0.137. The smallest absolute Gasteiger partial charge is 0.323 e. The van der Waals surface area contributed by atoms with Gasteiger partial charge in [0.05, 0.1) is 13.2 Å². The second-order valence-corrected chi connectivity index (χ2v) is 4.31. The third-order valence-electron chi connectivity index (χ3n) is 2.52. The molecule has 0 heterocycles. The summed E-state index contributed by atoms with van der Waals surface area (Å²) in [6.07, 6.45) is 1.94. The molecular weight excluding hydrogens is 254 g/mol. The van der Waals surface area contributed by atoms with Crippen LogP contribution < -0.4 is 10.6 Å². The van der Waals surface area contributed by atoms with Crippen LogP contribution in [0.15, 0.2) is 0 Å². The number of methoxy groups -OCH3 is 1. The summed E-state index contributed by atoms with van der Waals surface area (Å²) >= 11 is 0. The third-order valence-corrected chi connectivity index (χ3v) is 2.52. The number of carboxylic acids is 1. The summed E-state index contributed by atoms with van der Waals surface area (Å²) < 4.78 is 4.80. The fourth-order valence-corrected chi connectivity index (χ4v) is 1.39. The molecule has 108 valence electrons. The molecule has 0 unspecified atom stereocenters. The van der Waals surface area contributed by atoms with E-state index in [0.717, 1.165) is 17.7 Å². The Hall–Kier alpha value is -1.83. The van der Waals surface area contributed by atoms with Gasteiger partial charge in [0.2, 0.25) is 5.91 Å². The monoisotopic (exact) mass is 273 g/mol. The van der Waals surface area contributed by atoms with E-state index in [1.54, 1.807) is 0 Å². The van der Waals surface area contributed by atoms with Crippen molar-refractivity contribution in [2.75, 3.05) is 33.4 Å². The van der Waals surface area contributed by atoms with Crippen molar-refractivity contribution >= 4 is 17.9 Å². The number of ether oxygens (including phenoxy) is 1. The lowest BCUT2D eigenvalue weighted by Crippen LogP contribution is -2.47. The number of amides is 3. The number of hydrogen-bond donors (Lipinski definition) is 3. The van der Waals surface area contributed by atoms with Gasteiger partial charge in [-0.05, 0) is 12.8 Å². The van der Waals surface area contributed by atoms with Crippen LogP contribution in [0.3, 0.4) is 0 Å². The van der Waals surface area contributed by atoms with Gasteiger partial charge in [-0.3, -0.25) is 9.59 Å². The normalized spacial score (nSPS) is 13.7. The van der Waals surface area contributed by atoms with Crippen molar-refractivity contribution < 1.29 is 24.2 Å². The number of carboxylic acid groups (broad SMARTS) is 1. The van der Waals surface area contributed by atoms with E-state index in [2.05, 4.69) is 10.6 Å². The number of rotatable bonds is 8. The van der Waals surface area contributed by atoms with Crippen molar-refractivity contribution in [2.45, 2.75) is 18.9 Å². The van der Waals surface area contributed by atoms with Gasteiger partial charge in [0.1, 0.15) is 6.54 Å². The van der Waals surface area contributed by atoms with Crippen molar-refractivity contribution in [3.05, 3.63) is 0 Å². The van der Waals surface area contributed by atoms with Crippen LogP contribution in [0.4, 0.5) is 4.79 Å². The first-order chi connectivity index (χ1) is 9.02. The van der Waals surface area contributed by atoms with Gasteiger partial charge in [-0.15, -0.1) is 0 Å². The topological polar surface area (TPSA) is 108 Å². The van der Waals surface area contributed by atoms with E-state index >= 15 is 0 Å². The standard InChI is InChI=1S/C11H19N3O5/c1-19-5-4-14(7-10(16)17)11(18)12-6-9(15)13-8-2-3-8/h8H,2-7H2,1H3,(H,12,18)(H,13,15)(H,16,17). The number of aliphatic carboxylic acids is 1. The number of nitrogens with one attached hydrogen (secondary N) is 2. The first kappa shape index (κ1) is 15.2. The highest BCUT2D eigenvalue weighted by atomic mass is 16.5. The summed E-state index contributed by atoms with van der Waals surface area (Å²) in [6.45, 7) is -0.203. The van der Waals surface area contributed by atoms with Crippen LogP contribution in [-0.2, 0) is 14.3 Å². The maximum absolute atomic E-state index is 11.7. The molecule has 0 aromatic heterocycles. The van der Waals surface area contributed by atoms with E-state index in [1.807, 2.05) is 0 Å². The fraction of sp³-hybridized carbons (Fsp3) is 0.727. The maximum atomic E-state index is 11.7. The van der Waals surface area contributed by atoms with Crippen LogP contribution in [0.1, 0.15) is 12.8 Å². The molecule has 1 rings (SSSR count). The van der Waals surface area contributed by atoms with Crippen LogP contribution in [-0.4, -0.2) is 67.3 Å². The molecule has 0 bridgehead atoms. The zero-order valence-corrected chi connectivity index (χ0v) is 10.8. The molecule has 8 nitrogen and oxygen atoms in total. The van der Waals surface area contributed by atoms with Gasteiger partial charge in [-0.1, -0.05) is 0 Å². The average Bonchev–Trinajstić information content (AvgIpc) is 3.14. The van der Waals surface area contributed by atoms with Crippen LogP contribution in [0.25, 0.3) is 0 Å². The van der Waals surface area contributed by atoms with E-state index in [1.165, 1.54) is 7.11 Å². The lowest BCUT2D eigenvalue weighted by Gasteiger charge is -2.20. The molecule has 3 N–H and O–H groups in total. The van der Waals surface area contributed by atoms with Crippen LogP contribution in [0.2, 0.25) is 0 Å². The predicted octanol–water partition coefficient (Wildman–Crippen LogP) is -0.992. The van der Waals surface area contributed by atoms with Gasteiger partial charge >= 0.3 is 12.0 Å². The molecule has 0 aliphatic heterocycles. The van der Waals surface area contributed by atoms with Gasteiger partial charge in [0, 0.05) is 19.7 Å². The summed E-state index contributed by atoms with van der Waals surface area (Å²) in [5.41, 5.74) is 0. The Morgan fingerprint density at radius 3 is 2.58 bits per heavy atom. The highest BCUT2D eigenvalue weighted by molar-refractivity contribution is 5.85. The molecule has 1 saturated carbocycles. The Balaban J connectivity index is 2.31. The van der Waals surface area contributed by atoms with E-state index in [-0.39, 0.29) is 31.6 Å². The van der Waals surface area contributed by atoms with Gasteiger partial charge in [0.15, 0.2) is 0 Å². The average molecular weight is 273 g/mol. The first-order valence-corrected chi connectivity index (χ1v) is 6.05. The Morgan fingerprint density at radius 2 is 2.05 bits per heavy atom. The Morgan fingerprint density at radius 1 is 1.37 bits per heavy atom. The minimum atomic E-state index is -1.12. The molecule has 0 saturated heterocycles. The zero-order valence-electron chi connectivity index (χ0n) is 10.8. The summed E-state index contributed by atoms with van der Waals surface area (Å²) in [5.74, 6) is -1.38. The van der Waals surface area contributed by atoms with Crippen LogP contribution in [0, 0.1) is 0 Å². The van der Waals surface area contributed by atoms with Gasteiger partial charge in [-0.2, -0.15) is 0 Å². The van der Waals surface area contributed by atoms with Crippen molar-refractivity contribution in [3.63, 3.8) is 0 Å². The van der Waals surface area contributed by atoms with Crippen molar-refractivity contribution in [1.82, 2.24) is 15.5 Å². The fourth-order valence-electron chi connectivity index (χ4n) is 1.39. The minimum absolute atomic E-state index is 0.152. The van der Waals surface area contributed by atoms with Gasteiger partial charge in [0.25, 0.3) is 0 Å². The second kappa shape index (κ2) is 7.57. The molecule has 8 heteroatoms. The van der Waals surface area contributed by atoms with Crippen molar-refractivity contribution in [1.29, 1.82) is 0 Å². The highest BCUT2D eigenvalue weighted by Gasteiger charge is 2.23. The Bertz CT molecular complexity index is 343. The second-order valence-electron chi connectivity index (χ2n) is 4.31. The highest BCUT2D eigenvalue weighted by Crippen LogP contribution is 2.18. The quantitative estimate of drug-likeness (QED) is 0.526. The first-order valence-electron chi connectivity index (χ1n) is 6.05. The van der Waals surface area contributed by atoms with Crippen molar-refractivity contribution in [2.24, 2.45) is 0 Å². The van der Waals surface area contributed by atoms with E-state index in [4.69, 9.17) is 9.84 Å². The number of carbonyl (C=O) groups excluding carboxylic acids is 2. The molecule has 0 aromatic carbocycles. The summed E-state index contributed by atoms with van der Waals surface area (Å²) in [4.78, 5) is 34.8. The minimum Gasteiger partial charge on any atom is -0.480 e. The number of urea groups is 1. The van der Waals surface area contributed by atoms with Gasteiger partial charge in [-0.25, -0.2) is 4.79 Å². The summed E-state index contributed by atoms with van der Waals surface area (Å²) in [7, 11) is 1.46. The Kier molecular flexibility index (Phi) is 6.07. The maximum Gasteiger partial charge on any atom is 0.323 e. The molecule has 1 aliphatic carbocycles. The Labute approximate surface area is 111 Å². The van der Waals surface area contributed by atoms with Crippen molar-refractivity contribution in [3.8, 4) is 0 Å². The lowest BCUT2D eigenvalue weighted by atomic mass is 10.5. The van der Waals surface area contributed by atoms with E-state index in [0.29, 0.717) is 0 Å². The number of hydrogen-bond acceptors (Lipinski definition) is 4. The van der Waals surface area contributed by atoms with E-state index in [9.17, 15) is 14.4 Å². The largest absolute Gasteiger partial charge is 0.480 e. The number of nitrogens with zero attached hydrogens (tertiary/aromatic N) is 1. The van der Waals surface area contributed by atoms with Crippen LogP contribution in [0.5, 0.6) is 0 Å². The molecule has 1 fully saturated rings. The third kappa shape index (κ3) is 6.61. The summed E-state index contributed by atoms with van der Waals surface area (Å²) in [6, 6.07) is -0.363. The number of carbonyl (C=O) groups is 3. The van der Waals surface area contributed by atoms with Gasteiger partial charge < -0.3 is 25.4 Å². The SMILES string of the molecule is COCCN(CC(=O)O)C(=O)NCC(=O)NC1CC1. The molecule has 0 atom stereocenters. The molecule has 3 amide bonds. The summed E-state index contributed by atoms with van der Waals surface area (Å²) in [5, 5.41) is 13.8. The molecular formula is C11H19N3O5. The molecule has 0 aromatic rings. The van der Waals surface area contributed by atoms with E-state index < -0.39 is 18.5 Å². The molecule has 0 spiro atoms. The molecule has 19 heavy (non-hydrogen) atoms. The van der Waals surface area contributed by atoms with Crippen LogP contribution >= 0.6 is 0 Å².